The fourth-order valence-corrected chi connectivity index (χ4v) is 2.38. The Bertz CT molecular complexity index is 734. The maximum Gasteiger partial charge on any atom is 0.139 e. The quantitative estimate of drug-likeness (QED) is 0.713. The zero-order valence-corrected chi connectivity index (χ0v) is 11.3. The SMILES string of the molecule is Cc1ccc(Br)c(-c2nc3ccc(O)cc3[nH]2)c1. The van der Waals surface area contributed by atoms with Gasteiger partial charge in [0.2, 0.25) is 0 Å². The smallest absolute Gasteiger partial charge is 0.139 e. The Morgan fingerprint density at radius 3 is 2.83 bits per heavy atom. The van der Waals surface area contributed by atoms with E-state index >= 15 is 0 Å². The summed E-state index contributed by atoms with van der Waals surface area (Å²) in [4.78, 5) is 7.75. The van der Waals surface area contributed by atoms with Gasteiger partial charge in [0.05, 0.1) is 11.0 Å². The Morgan fingerprint density at radius 1 is 1.17 bits per heavy atom. The van der Waals surface area contributed by atoms with E-state index in [2.05, 4.69) is 32.0 Å². The molecule has 3 nitrogen and oxygen atoms in total. The number of aromatic amines is 1. The molecule has 2 N–H and O–H groups in total. The maximum atomic E-state index is 9.45. The van der Waals surface area contributed by atoms with Crippen molar-refractivity contribution in [2.75, 3.05) is 0 Å². The Labute approximate surface area is 113 Å². The van der Waals surface area contributed by atoms with Gasteiger partial charge in [-0.1, -0.05) is 27.6 Å². The van der Waals surface area contributed by atoms with Crippen molar-refractivity contribution in [2.24, 2.45) is 0 Å². The molecule has 0 radical (unpaired) electrons. The largest absolute Gasteiger partial charge is 0.508 e. The van der Waals surface area contributed by atoms with E-state index in [1.807, 2.05) is 19.1 Å². The number of fused-ring (bicyclic) bond motifs is 1. The molecule has 0 aliphatic rings. The number of H-pyrrole nitrogens is 1. The van der Waals surface area contributed by atoms with Crippen molar-refractivity contribution in [1.82, 2.24) is 9.97 Å². The number of nitrogens with one attached hydrogen (secondary N) is 1. The van der Waals surface area contributed by atoms with E-state index in [0.29, 0.717) is 0 Å². The minimum absolute atomic E-state index is 0.237. The van der Waals surface area contributed by atoms with Gasteiger partial charge in [-0.25, -0.2) is 4.98 Å². The van der Waals surface area contributed by atoms with E-state index in [9.17, 15) is 5.11 Å². The Balaban J connectivity index is 2.22. The van der Waals surface area contributed by atoms with Gasteiger partial charge >= 0.3 is 0 Å². The number of hydrogen-bond donors (Lipinski definition) is 2. The molecule has 0 saturated carbocycles. The van der Waals surface area contributed by atoms with Gasteiger partial charge in [0.25, 0.3) is 0 Å². The molecule has 0 saturated heterocycles. The van der Waals surface area contributed by atoms with Crippen LogP contribution in [0.2, 0.25) is 0 Å². The second-order valence-electron chi connectivity index (χ2n) is 4.27. The van der Waals surface area contributed by atoms with Gasteiger partial charge in [-0.15, -0.1) is 0 Å². The average Bonchev–Trinajstić information content (AvgIpc) is 2.74. The summed E-state index contributed by atoms with van der Waals surface area (Å²) in [5, 5.41) is 9.45. The lowest BCUT2D eigenvalue weighted by molar-refractivity contribution is 0.476. The normalized spacial score (nSPS) is 11.0. The number of aromatic nitrogens is 2. The summed E-state index contributed by atoms with van der Waals surface area (Å²) in [6, 6.07) is 11.2. The average molecular weight is 303 g/mol. The molecule has 90 valence electrons. The summed E-state index contributed by atoms with van der Waals surface area (Å²) in [6.07, 6.45) is 0. The fourth-order valence-electron chi connectivity index (χ4n) is 1.95. The van der Waals surface area contributed by atoms with Gasteiger partial charge in [0.1, 0.15) is 11.6 Å². The Hall–Kier alpha value is -1.81. The first-order valence-corrected chi connectivity index (χ1v) is 6.38. The number of nitrogens with zero attached hydrogens (tertiary/aromatic N) is 1. The molecule has 0 fully saturated rings. The molecule has 0 spiro atoms. The van der Waals surface area contributed by atoms with Crippen molar-refractivity contribution in [3.63, 3.8) is 0 Å². The van der Waals surface area contributed by atoms with Crippen LogP contribution in [0.4, 0.5) is 0 Å². The predicted molar refractivity (Wildman–Crippen MR) is 75.6 cm³/mol. The highest BCUT2D eigenvalue weighted by Crippen LogP contribution is 2.29. The van der Waals surface area contributed by atoms with Crippen molar-refractivity contribution in [2.45, 2.75) is 6.92 Å². The first-order valence-electron chi connectivity index (χ1n) is 5.59. The van der Waals surface area contributed by atoms with E-state index in [0.717, 1.165) is 26.9 Å². The highest BCUT2D eigenvalue weighted by atomic mass is 79.9. The third-order valence-electron chi connectivity index (χ3n) is 2.84. The van der Waals surface area contributed by atoms with E-state index < -0.39 is 0 Å². The van der Waals surface area contributed by atoms with Gasteiger partial charge in [-0.05, 0) is 31.2 Å². The van der Waals surface area contributed by atoms with Gasteiger partial charge in [0.15, 0.2) is 0 Å². The molecule has 3 aromatic rings. The second kappa shape index (κ2) is 4.14. The molecule has 1 heterocycles. The molecule has 0 atom stereocenters. The zero-order valence-electron chi connectivity index (χ0n) is 9.74. The predicted octanol–water partition coefficient (Wildman–Crippen LogP) is 4.01. The number of phenols is 1. The van der Waals surface area contributed by atoms with Crippen LogP contribution >= 0.6 is 15.9 Å². The van der Waals surface area contributed by atoms with Gasteiger partial charge < -0.3 is 10.1 Å². The summed E-state index contributed by atoms with van der Waals surface area (Å²) >= 11 is 3.53. The fraction of sp³-hybridized carbons (Fsp3) is 0.0714. The summed E-state index contributed by atoms with van der Waals surface area (Å²) < 4.78 is 0.997. The van der Waals surface area contributed by atoms with E-state index in [1.54, 1.807) is 18.2 Å². The van der Waals surface area contributed by atoms with Crippen molar-refractivity contribution >= 4 is 27.0 Å². The summed E-state index contributed by atoms with van der Waals surface area (Å²) in [6.45, 7) is 2.05. The number of halogens is 1. The van der Waals surface area contributed by atoms with Crippen LogP contribution in [0.15, 0.2) is 40.9 Å². The zero-order chi connectivity index (χ0) is 12.7. The third-order valence-corrected chi connectivity index (χ3v) is 3.53. The lowest BCUT2D eigenvalue weighted by atomic mass is 10.1. The van der Waals surface area contributed by atoms with Gasteiger partial charge in [-0.3, -0.25) is 0 Å². The number of benzene rings is 2. The van der Waals surface area contributed by atoms with E-state index in [-0.39, 0.29) is 5.75 Å². The number of imidazole rings is 1. The first kappa shape index (κ1) is 11.3. The van der Waals surface area contributed by atoms with Gasteiger partial charge in [-0.2, -0.15) is 0 Å². The van der Waals surface area contributed by atoms with Crippen LogP contribution in [0, 0.1) is 6.92 Å². The molecule has 2 aromatic carbocycles. The molecule has 0 aliphatic carbocycles. The van der Waals surface area contributed by atoms with Crippen LogP contribution in [-0.2, 0) is 0 Å². The van der Waals surface area contributed by atoms with E-state index in [4.69, 9.17) is 0 Å². The minimum atomic E-state index is 0.237. The third kappa shape index (κ3) is 1.88. The number of rotatable bonds is 1. The molecule has 4 heteroatoms. The van der Waals surface area contributed by atoms with Crippen molar-refractivity contribution in [1.29, 1.82) is 0 Å². The number of hydrogen-bond acceptors (Lipinski definition) is 2. The van der Waals surface area contributed by atoms with Crippen molar-refractivity contribution < 1.29 is 5.11 Å². The van der Waals surface area contributed by atoms with Crippen LogP contribution in [0.5, 0.6) is 5.75 Å². The number of aryl methyl sites for hydroxylation is 1. The molecule has 1 aromatic heterocycles. The van der Waals surface area contributed by atoms with Crippen LogP contribution in [0.3, 0.4) is 0 Å². The molecule has 0 amide bonds. The van der Waals surface area contributed by atoms with Crippen molar-refractivity contribution in [3.05, 3.63) is 46.4 Å². The molecule has 0 aliphatic heterocycles. The molecular formula is C14H11BrN2O. The summed E-state index contributed by atoms with van der Waals surface area (Å²) in [5.41, 5.74) is 3.87. The lowest BCUT2D eigenvalue weighted by Crippen LogP contribution is -1.83. The Kier molecular flexibility index (Phi) is 2.59. The maximum absolute atomic E-state index is 9.45. The van der Waals surface area contributed by atoms with Crippen LogP contribution in [0.25, 0.3) is 22.4 Å². The highest BCUT2D eigenvalue weighted by Gasteiger charge is 2.09. The molecule has 0 unspecified atom stereocenters. The topological polar surface area (TPSA) is 48.9 Å². The minimum Gasteiger partial charge on any atom is -0.508 e. The van der Waals surface area contributed by atoms with E-state index in [1.165, 1.54) is 5.56 Å². The van der Waals surface area contributed by atoms with Crippen molar-refractivity contribution in [3.8, 4) is 17.1 Å². The Morgan fingerprint density at radius 2 is 2.00 bits per heavy atom. The number of phenolic OH excluding ortho intramolecular Hbond substituents is 1. The summed E-state index contributed by atoms with van der Waals surface area (Å²) in [5.74, 6) is 1.03. The van der Waals surface area contributed by atoms with Gasteiger partial charge in [0, 0.05) is 16.1 Å². The van der Waals surface area contributed by atoms with Crippen LogP contribution < -0.4 is 0 Å². The summed E-state index contributed by atoms with van der Waals surface area (Å²) in [7, 11) is 0. The highest BCUT2D eigenvalue weighted by molar-refractivity contribution is 9.10. The molecule has 18 heavy (non-hydrogen) atoms. The second-order valence-corrected chi connectivity index (χ2v) is 5.12. The molecular weight excluding hydrogens is 292 g/mol. The molecule has 0 bridgehead atoms. The standard InChI is InChI=1S/C14H11BrN2O/c1-8-2-4-11(15)10(6-8)14-16-12-5-3-9(18)7-13(12)17-14/h2-7,18H,1H3,(H,16,17). The first-order chi connectivity index (χ1) is 8.63. The molecule has 3 rings (SSSR count). The van der Waals surface area contributed by atoms with Crippen LogP contribution in [-0.4, -0.2) is 15.1 Å². The monoisotopic (exact) mass is 302 g/mol. The van der Waals surface area contributed by atoms with Crippen LogP contribution in [0.1, 0.15) is 5.56 Å². The number of aromatic hydroxyl groups is 1. The lowest BCUT2D eigenvalue weighted by Gasteiger charge is -2.01.